The number of nitrogens with zero attached hydrogens (tertiary/aromatic N) is 3. The van der Waals surface area contributed by atoms with Gasteiger partial charge in [0.2, 0.25) is 0 Å². The Morgan fingerprint density at radius 3 is 2.85 bits per heavy atom. The van der Waals surface area contributed by atoms with Crippen molar-refractivity contribution in [2.75, 3.05) is 5.75 Å². The van der Waals surface area contributed by atoms with Gasteiger partial charge in [0.25, 0.3) is 5.91 Å². The molecule has 0 radical (unpaired) electrons. The van der Waals surface area contributed by atoms with Crippen molar-refractivity contribution in [1.82, 2.24) is 9.88 Å². The fraction of sp³-hybridized carbons (Fsp3) is 0.250. The lowest BCUT2D eigenvalue weighted by Gasteiger charge is -2.25. The van der Waals surface area contributed by atoms with Crippen LogP contribution in [0.1, 0.15) is 35.0 Å². The van der Waals surface area contributed by atoms with Gasteiger partial charge in [0.1, 0.15) is 23.4 Å². The molecule has 5 nitrogen and oxygen atoms in total. The third kappa shape index (κ3) is 3.37. The highest BCUT2D eigenvalue weighted by atomic mass is 32.2. The minimum absolute atomic E-state index is 0.0406. The van der Waals surface area contributed by atoms with E-state index >= 15 is 0 Å². The second-order valence-corrected chi connectivity index (χ2v) is 7.25. The summed E-state index contributed by atoms with van der Waals surface area (Å²) in [6.07, 6.45) is 2.38. The predicted octanol–water partition coefficient (Wildman–Crippen LogP) is 3.47. The van der Waals surface area contributed by atoms with Gasteiger partial charge in [0, 0.05) is 23.4 Å². The van der Waals surface area contributed by atoms with Gasteiger partial charge in [-0.2, -0.15) is 10.5 Å². The number of aromatic nitrogens is 1. The van der Waals surface area contributed by atoms with Crippen LogP contribution in [-0.4, -0.2) is 16.2 Å². The number of fused-ring (bicyclic) bond motifs is 1. The Morgan fingerprint density at radius 2 is 2.15 bits per heavy atom. The summed E-state index contributed by atoms with van der Waals surface area (Å²) in [5.41, 5.74) is 3.16. The summed E-state index contributed by atoms with van der Waals surface area (Å²) in [6, 6.07) is 13.7. The molecule has 0 fully saturated rings. The van der Waals surface area contributed by atoms with E-state index in [1.807, 2.05) is 31.2 Å². The zero-order chi connectivity index (χ0) is 18.7. The monoisotopic (exact) mass is 362 g/mol. The van der Waals surface area contributed by atoms with Crippen molar-refractivity contribution in [3.05, 3.63) is 58.4 Å². The fourth-order valence-electron chi connectivity index (χ4n) is 3.01. The number of hydrogen-bond donors (Lipinski definition) is 1. The smallest absolute Gasteiger partial charge is 0.262 e. The van der Waals surface area contributed by atoms with Gasteiger partial charge in [0.05, 0.1) is 6.04 Å². The zero-order valence-electron chi connectivity index (χ0n) is 14.6. The van der Waals surface area contributed by atoms with E-state index in [0.717, 1.165) is 23.4 Å². The number of carbonyl (C=O) groups is 1. The second-order valence-electron chi connectivity index (χ2n) is 6.11. The van der Waals surface area contributed by atoms with E-state index in [1.165, 1.54) is 4.90 Å². The number of hydrogen-bond acceptors (Lipinski definition) is 4. The molecule has 1 aromatic heterocycles. The molecule has 2 aromatic rings. The molecule has 6 heteroatoms. The van der Waals surface area contributed by atoms with Gasteiger partial charge in [-0.25, -0.2) is 0 Å². The van der Waals surface area contributed by atoms with Crippen molar-refractivity contribution in [3.63, 3.8) is 0 Å². The molecule has 1 aromatic carbocycles. The molecule has 1 N–H and O–H groups in total. The van der Waals surface area contributed by atoms with Gasteiger partial charge in [-0.3, -0.25) is 4.79 Å². The molecule has 1 aliphatic heterocycles. The van der Waals surface area contributed by atoms with Crippen molar-refractivity contribution >= 4 is 23.7 Å². The van der Waals surface area contributed by atoms with Gasteiger partial charge < -0.3 is 9.88 Å². The summed E-state index contributed by atoms with van der Waals surface area (Å²) in [4.78, 5) is 13.8. The van der Waals surface area contributed by atoms with Gasteiger partial charge in [-0.1, -0.05) is 18.2 Å². The molecule has 26 heavy (non-hydrogen) atoms. The molecule has 130 valence electrons. The molecule has 2 heterocycles. The van der Waals surface area contributed by atoms with Crippen LogP contribution in [0.3, 0.4) is 0 Å². The maximum Gasteiger partial charge on any atom is 0.262 e. The fourth-order valence-corrected chi connectivity index (χ4v) is 4.13. The molecule has 1 unspecified atom stereocenters. The molecule has 0 bridgehead atoms. The van der Waals surface area contributed by atoms with E-state index in [9.17, 15) is 10.1 Å². The van der Waals surface area contributed by atoms with E-state index in [0.29, 0.717) is 11.3 Å². The molecule has 3 rings (SSSR count). The van der Waals surface area contributed by atoms with Crippen molar-refractivity contribution in [2.24, 2.45) is 7.05 Å². The highest BCUT2D eigenvalue weighted by Crippen LogP contribution is 2.35. The largest absolute Gasteiger partial charge is 0.345 e. The molecule has 1 amide bonds. The second kappa shape index (κ2) is 7.51. The maximum absolute atomic E-state index is 12.6. The molecular formula is C20H18N4OS. The van der Waals surface area contributed by atoms with E-state index < -0.39 is 0 Å². The molecule has 0 saturated heterocycles. The molecule has 0 saturated carbocycles. The number of nitriles is 2. The van der Waals surface area contributed by atoms with Crippen LogP contribution in [0.2, 0.25) is 0 Å². The highest BCUT2D eigenvalue weighted by Gasteiger charge is 2.23. The quantitative estimate of drug-likeness (QED) is 0.669. The van der Waals surface area contributed by atoms with E-state index in [1.54, 1.807) is 35.5 Å². The third-order valence-corrected chi connectivity index (χ3v) is 5.74. The Labute approximate surface area is 156 Å². The minimum atomic E-state index is -0.388. The summed E-state index contributed by atoms with van der Waals surface area (Å²) < 4.78 is 1.74. The van der Waals surface area contributed by atoms with Gasteiger partial charge >= 0.3 is 0 Å². The molecule has 0 aliphatic carbocycles. The van der Waals surface area contributed by atoms with Crippen LogP contribution >= 0.6 is 11.8 Å². The summed E-state index contributed by atoms with van der Waals surface area (Å²) >= 11 is 1.78. The van der Waals surface area contributed by atoms with Crippen LogP contribution in [-0.2, 0) is 11.8 Å². The lowest BCUT2D eigenvalue weighted by Crippen LogP contribution is -2.31. The first kappa shape index (κ1) is 17.8. The van der Waals surface area contributed by atoms with E-state index in [2.05, 4.69) is 17.5 Å². The van der Waals surface area contributed by atoms with Gasteiger partial charge in [-0.15, -0.1) is 11.8 Å². The summed E-state index contributed by atoms with van der Waals surface area (Å²) in [5, 5.41) is 21.6. The normalized spacial score (nSPS) is 16.3. The first-order valence-corrected chi connectivity index (χ1v) is 9.24. The number of rotatable bonds is 3. The van der Waals surface area contributed by atoms with E-state index in [4.69, 9.17) is 5.26 Å². The van der Waals surface area contributed by atoms with Crippen molar-refractivity contribution in [3.8, 4) is 12.1 Å². The number of nitrogens with one attached hydrogen (secondary N) is 1. The maximum atomic E-state index is 12.6. The number of amides is 1. The van der Waals surface area contributed by atoms with E-state index in [-0.39, 0.29) is 17.5 Å². The van der Waals surface area contributed by atoms with Crippen molar-refractivity contribution in [2.45, 2.75) is 24.3 Å². The first-order chi connectivity index (χ1) is 12.5. The predicted molar refractivity (Wildman–Crippen MR) is 101 cm³/mol. The lowest BCUT2D eigenvalue weighted by atomic mass is 10.0. The average Bonchev–Trinajstić information content (AvgIpc) is 2.94. The third-order valence-electron chi connectivity index (χ3n) is 4.62. The molecular weight excluding hydrogens is 344 g/mol. The molecule has 1 atom stereocenters. The number of carbonyl (C=O) groups excluding carboxylic acids is 1. The van der Waals surface area contributed by atoms with Gasteiger partial charge in [-0.05, 0) is 42.7 Å². The van der Waals surface area contributed by atoms with Crippen molar-refractivity contribution < 1.29 is 4.79 Å². The van der Waals surface area contributed by atoms with Crippen molar-refractivity contribution in [1.29, 1.82) is 10.5 Å². The Morgan fingerprint density at radius 1 is 1.38 bits per heavy atom. The van der Waals surface area contributed by atoms with Crippen LogP contribution in [0.25, 0.3) is 6.08 Å². The van der Waals surface area contributed by atoms with Crippen LogP contribution in [0.15, 0.2) is 40.8 Å². The molecule has 0 spiro atoms. The van der Waals surface area contributed by atoms with Crippen LogP contribution in [0.5, 0.6) is 0 Å². The standard InChI is InChI=1S/C20H18N4OS/c1-13-14(10-16(12-22)24(13)2)9-15(11-21)20(25)23-18-7-8-26-19-6-4-3-5-17(18)19/h3-6,9-10,18H,7-8H2,1-2H3,(H,23,25)/b15-9+. The Kier molecular flexibility index (Phi) is 5.16. The van der Waals surface area contributed by atoms with Crippen LogP contribution in [0, 0.1) is 29.6 Å². The topological polar surface area (TPSA) is 81.6 Å². The lowest BCUT2D eigenvalue weighted by molar-refractivity contribution is -0.117. The van der Waals surface area contributed by atoms with Crippen LogP contribution < -0.4 is 5.32 Å². The number of thioether (sulfide) groups is 1. The Hall–Kier alpha value is -2.96. The summed E-state index contributed by atoms with van der Waals surface area (Å²) in [6.45, 7) is 1.86. The Bertz CT molecular complexity index is 975. The highest BCUT2D eigenvalue weighted by molar-refractivity contribution is 7.99. The SMILES string of the molecule is Cc1c(/C=C(\C#N)C(=O)NC2CCSc3ccccc32)cc(C#N)n1C. The molecule has 1 aliphatic rings. The average molecular weight is 362 g/mol. The Balaban J connectivity index is 1.85. The summed E-state index contributed by atoms with van der Waals surface area (Å²) in [7, 11) is 1.79. The van der Waals surface area contributed by atoms with Gasteiger partial charge in [0.15, 0.2) is 0 Å². The van der Waals surface area contributed by atoms with Crippen LogP contribution in [0.4, 0.5) is 0 Å². The number of benzene rings is 1. The first-order valence-electron chi connectivity index (χ1n) is 8.26. The summed E-state index contributed by atoms with van der Waals surface area (Å²) in [5.74, 6) is 0.539. The minimum Gasteiger partial charge on any atom is -0.345 e. The zero-order valence-corrected chi connectivity index (χ0v) is 15.4.